The van der Waals surface area contributed by atoms with Gasteiger partial charge in [-0.2, -0.15) is 5.26 Å². The summed E-state index contributed by atoms with van der Waals surface area (Å²) in [4.78, 5) is 35.1. The maximum Gasteiger partial charge on any atom is 0.327 e. The second kappa shape index (κ2) is 5.76. The van der Waals surface area contributed by atoms with Crippen LogP contribution in [0.3, 0.4) is 0 Å². The molecule has 1 rings (SSSR count). The molecule has 0 heterocycles. The largest absolute Gasteiger partial charge is 0.465 e. The van der Waals surface area contributed by atoms with E-state index in [0.717, 1.165) is 0 Å². The highest BCUT2D eigenvalue weighted by Gasteiger charge is 2.52. The molecule has 1 saturated carbocycles. The van der Waals surface area contributed by atoms with Crippen LogP contribution in [0.5, 0.6) is 0 Å². The van der Waals surface area contributed by atoms with E-state index in [9.17, 15) is 19.6 Å². The number of carbonyl (C=O) groups is 3. The van der Waals surface area contributed by atoms with Crippen molar-refractivity contribution in [2.45, 2.75) is 39.5 Å². The van der Waals surface area contributed by atoms with Gasteiger partial charge in [0.2, 0.25) is 0 Å². The van der Waals surface area contributed by atoms with Crippen molar-refractivity contribution in [1.82, 2.24) is 0 Å². The number of rotatable bonds is 4. The molecule has 98 valence electrons. The number of nitrogens with zero attached hydrogens (tertiary/aromatic N) is 1. The average molecular weight is 251 g/mol. The summed E-state index contributed by atoms with van der Waals surface area (Å²) in [6, 6.07) is 1.94. The van der Waals surface area contributed by atoms with Crippen molar-refractivity contribution in [3.8, 4) is 6.07 Å². The Hall–Kier alpha value is -1.70. The second-order valence-electron chi connectivity index (χ2n) is 4.58. The fraction of sp³-hybridized carbons (Fsp3) is 0.692. The van der Waals surface area contributed by atoms with Gasteiger partial charge in [0.25, 0.3) is 0 Å². The molecule has 0 saturated heterocycles. The van der Waals surface area contributed by atoms with Crippen molar-refractivity contribution in [2.24, 2.45) is 11.3 Å². The molecule has 0 aliphatic heterocycles. The van der Waals surface area contributed by atoms with Crippen LogP contribution in [0.4, 0.5) is 0 Å². The minimum Gasteiger partial charge on any atom is -0.465 e. The molecular formula is C13H17NO4. The molecule has 1 aliphatic rings. The van der Waals surface area contributed by atoms with Crippen LogP contribution in [0.1, 0.15) is 39.5 Å². The Labute approximate surface area is 106 Å². The van der Waals surface area contributed by atoms with Crippen LogP contribution in [-0.4, -0.2) is 24.1 Å². The van der Waals surface area contributed by atoms with Crippen molar-refractivity contribution >= 4 is 17.5 Å². The molecule has 0 aromatic carbocycles. The zero-order chi connectivity index (χ0) is 13.8. The van der Waals surface area contributed by atoms with E-state index in [1.54, 1.807) is 6.92 Å². The normalized spacial score (nSPS) is 27.4. The van der Waals surface area contributed by atoms with Crippen LogP contribution in [0, 0.1) is 22.7 Å². The van der Waals surface area contributed by atoms with Gasteiger partial charge in [-0.3, -0.25) is 9.59 Å². The summed E-state index contributed by atoms with van der Waals surface area (Å²) in [6.07, 6.45) is 1.03. The van der Waals surface area contributed by atoms with Gasteiger partial charge in [-0.1, -0.05) is 0 Å². The molecule has 0 radical (unpaired) electrons. The van der Waals surface area contributed by atoms with Gasteiger partial charge in [-0.25, -0.2) is 0 Å². The first-order valence-corrected chi connectivity index (χ1v) is 6.08. The maximum atomic E-state index is 12.0. The number of carbonyl (C=O) groups excluding carboxylic acids is 3. The Morgan fingerprint density at radius 2 is 2.22 bits per heavy atom. The lowest BCUT2D eigenvalue weighted by molar-refractivity contribution is -0.160. The molecule has 0 aromatic rings. The van der Waals surface area contributed by atoms with Gasteiger partial charge in [-0.15, -0.1) is 0 Å². The molecule has 0 amide bonds. The first-order chi connectivity index (χ1) is 8.47. The highest BCUT2D eigenvalue weighted by atomic mass is 16.5. The zero-order valence-corrected chi connectivity index (χ0v) is 10.7. The Morgan fingerprint density at radius 1 is 1.56 bits per heavy atom. The first-order valence-electron chi connectivity index (χ1n) is 6.08. The molecule has 5 nitrogen and oxygen atoms in total. The highest BCUT2D eigenvalue weighted by molar-refractivity contribution is 5.95. The van der Waals surface area contributed by atoms with Crippen molar-refractivity contribution in [1.29, 1.82) is 5.26 Å². The molecule has 0 N–H and O–H groups in total. The Morgan fingerprint density at radius 3 is 2.72 bits per heavy atom. The first kappa shape index (κ1) is 14.4. The summed E-state index contributed by atoms with van der Waals surface area (Å²) in [5, 5.41) is 9.33. The third-order valence-corrected chi connectivity index (χ3v) is 3.31. The van der Waals surface area contributed by atoms with Gasteiger partial charge in [0, 0.05) is 12.8 Å². The lowest BCUT2D eigenvalue weighted by atomic mass is 9.65. The van der Waals surface area contributed by atoms with Crippen LogP contribution in [0.15, 0.2) is 0 Å². The van der Waals surface area contributed by atoms with Gasteiger partial charge < -0.3 is 9.53 Å². The lowest BCUT2D eigenvalue weighted by Crippen LogP contribution is -2.46. The van der Waals surface area contributed by atoms with Crippen molar-refractivity contribution in [2.75, 3.05) is 6.61 Å². The summed E-state index contributed by atoms with van der Waals surface area (Å²) in [5.41, 5.74) is -1.48. The zero-order valence-electron chi connectivity index (χ0n) is 10.7. The van der Waals surface area contributed by atoms with Crippen molar-refractivity contribution in [3.63, 3.8) is 0 Å². The Kier molecular flexibility index (Phi) is 4.60. The monoisotopic (exact) mass is 251 g/mol. The van der Waals surface area contributed by atoms with Gasteiger partial charge in [-0.05, 0) is 26.7 Å². The summed E-state index contributed by atoms with van der Waals surface area (Å²) < 4.78 is 4.91. The van der Waals surface area contributed by atoms with Gasteiger partial charge in [0.05, 0.1) is 18.6 Å². The van der Waals surface area contributed by atoms with E-state index >= 15 is 0 Å². The highest BCUT2D eigenvalue weighted by Crippen LogP contribution is 2.42. The third kappa shape index (κ3) is 2.58. The topological polar surface area (TPSA) is 84.2 Å². The number of ether oxygens (including phenoxy) is 1. The van der Waals surface area contributed by atoms with Crippen LogP contribution in [0.2, 0.25) is 0 Å². The number of esters is 1. The van der Waals surface area contributed by atoms with Crippen LogP contribution < -0.4 is 0 Å². The smallest absolute Gasteiger partial charge is 0.327 e. The van der Waals surface area contributed by atoms with Crippen molar-refractivity contribution in [3.05, 3.63) is 0 Å². The molecule has 1 fully saturated rings. The number of ketones is 2. The lowest BCUT2D eigenvalue weighted by Gasteiger charge is -2.35. The van der Waals surface area contributed by atoms with E-state index in [1.807, 2.05) is 6.07 Å². The molecule has 0 spiro atoms. The minimum atomic E-state index is -1.48. The summed E-state index contributed by atoms with van der Waals surface area (Å²) in [7, 11) is 0. The molecule has 1 aliphatic carbocycles. The summed E-state index contributed by atoms with van der Waals surface area (Å²) >= 11 is 0. The van der Waals surface area contributed by atoms with Crippen molar-refractivity contribution < 1.29 is 19.1 Å². The van der Waals surface area contributed by atoms with Crippen LogP contribution in [-0.2, 0) is 19.1 Å². The molecule has 0 unspecified atom stereocenters. The van der Waals surface area contributed by atoms with E-state index in [-0.39, 0.29) is 31.0 Å². The van der Waals surface area contributed by atoms with E-state index in [2.05, 4.69) is 0 Å². The number of nitriles is 1. The predicted molar refractivity (Wildman–Crippen MR) is 62.3 cm³/mol. The number of hydrogen-bond acceptors (Lipinski definition) is 5. The predicted octanol–water partition coefficient (Wildman–Crippen LogP) is 1.41. The summed E-state index contributed by atoms with van der Waals surface area (Å²) in [6.45, 7) is 3.16. The van der Waals surface area contributed by atoms with E-state index < -0.39 is 17.3 Å². The summed E-state index contributed by atoms with van der Waals surface area (Å²) in [5.74, 6) is -1.91. The Bertz CT molecular complexity index is 410. The molecule has 0 bridgehead atoms. The minimum absolute atomic E-state index is 0.0643. The molecular weight excluding hydrogens is 234 g/mol. The SMILES string of the molecule is CCOC(=O)[C@@]1(C#N)CCCC(=O)[C@@H]1CC(C)=O. The molecule has 0 aromatic heterocycles. The standard InChI is InChI=1S/C13H17NO4/c1-3-18-12(17)13(8-14)6-4-5-11(16)10(13)7-9(2)15/h10H,3-7H2,1-2H3/t10-,13+/m0/s1. The van der Waals surface area contributed by atoms with Gasteiger partial charge >= 0.3 is 5.97 Å². The quantitative estimate of drug-likeness (QED) is 0.705. The number of hydrogen-bond donors (Lipinski definition) is 0. The molecule has 5 heteroatoms. The fourth-order valence-corrected chi connectivity index (χ4v) is 2.42. The third-order valence-electron chi connectivity index (χ3n) is 3.31. The van der Waals surface area contributed by atoms with E-state index in [0.29, 0.717) is 12.8 Å². The second-order valence-corrected chi connectivity index (χ2v) is 4.58. The van der Waals surface area contributed by atoms with Gasteiger partial charge in [0.15, 0.2) is 5.41 Å². The average Bonchev–Trinajstić information content (AvgIpc) is 2.31. The maximum absolute atomic E-state index is 12.0. The number of Topliss-reactive ketones (excluding diaryl/α,β-unsaturated/α-hetero) is 2. The van der Waals surface area contributed by atoms with Crippen LogP contribution >= 0.6 is 0 Å². The van der Waals surface area contributed by atoms with E-state index in [4.69, 9.17) is 4.74 Å². The fourth-order valence-electron chi connectivity index (χ4n) is 2.42. The van der Waals surface area contributed by atoms with Gasteiger partial charge in [0.1, 0.15) is 11.6 Å². The van der Waals surface area contributed by atoms with Crippen LogP contribution in [0.25, 0.3) is 0 Å². The molecule has 2 atom stereocenters. The molecule has 18 heavy (non-hydrogen) atoms. The Balaban J connectivity index is 3.11. The van der Waals surface area contributed by atoms with E-state index in [1.165, 1.54) is 6.92 Å².